The van der Waals surface area contributed by atoms with Crippen molar-refractivity contribution in [1.82, 2.24) is 10.1 Å². The lowest BCUT2D eigenvalue weighted by Gasteiger charge is -2.18. The normalized spacial score (nSPS) is 18.9. The minimum atomic E-state index is -3.60. The molecule has 3 aromatic rings. The molecule has 1 saturated heterocycles. The molecule has 1 amide bonds. The van der Waals surface area contributed by atoms with Gasteiger partial charge < -0.3 is 9.42 Å². The van der Waals surface area contributed by atoms with Crippen LogP contribution in [0.15, 0.2) is 65.2 Å². The summed E-state index contributed by atoms with van der Waals surface area (Å²) >= 11 is 0. The second-order valence-corrected chi connectivity index (χ2v) is 9.20. The molecule has 0 saturated carbocycles. The number of amides is 1. The van der Waals surface area contributed by atoms with Gasteiger partial charge in [-0.3, -0.25) is 4.79 Å². The van der Waals surface area contributed by atoms with E-state index in [9.17, 15) is 17.6 Å². The van der Waals surface area contributed by atoms with Gasteiger partial charge in [-0.25, -0.2) is 12.8 Å². The van der Waals surface area contributed by atoms with Crippen molar-refractivity contribution in [3.63, 3.8) is 0 Å². The van der Waals surface area contributed by atoms with E-state index in [4.69, 9.17) is 4.52 Å². The highest BCUT2D eigenvalue weighted by Gasteiger charge is 2.34. The van der Waals surface area contributed by atoms with E-state index in [-0.39, 0.29) is 36.5 Å². The van der Waals surface area contributed by atoms with Crippen LogP contribution in [0.25, 0.3) is 11.3 Å². The second kappa shape index (κ2) is 7.79. The summed E-state index contributed by atoms with van der Waals surface area (Å²) in [5.41, 5.74) is 1.05. The Balaban J connectivity index is 1.55. The van der Waals surface area contributed by atoms with Crippen molar-refractivity contribution in [3.05, 3.63) is 77.7 Å². The zero-order chi connectivity index (χ0) is 20.4. The molecule has 1 aliphatic rings. The van der Waals surface area contributed by atoms with Gasteiger partial charge in [-0.2, -0.15) is 0 Å². The van der Waals surface area contributed by atoms with Gasteiger partial charge in [0.25, 0.3) is 5.91 Å². The van der Waals surface area contributed by atoms with E-state index in [0.29, 0.717) is 5.76 Å². The lowest BCUT2D eigenvalue weighted by Crippen LogP contribution is -2.33. The van der Waals surface area contributed by atoms with Crippen molar-refractivity contribution in [2.24, 2.45) is 0 Å². The van der Waals surface area contributed by atoms with Gasteiger partial charge in [-0.05, 0) is 12.5 Å². The fourth-order valence-electron chi connectivity index (χ4n) is 3.51. The standard InChI is InChI=1S/C21H19FN2O4S/c22-17-9-5-4-8-16(17)20-10-11-24(12-13-29(20,26)27)21(25)18-14-19(28-23-18)15-6-2-1-3-7-15/h1-9,14,20H,10-13H2. The molecule has 1 aliphatic heterocycles. The Bertz CT molecular complexity index is 1130. The summed E-state index contributed by atoms with van der Waals surface area (Å²) in [6.45, 7) is 0.213. The highest BCUT2D eigenvalue weighted by atomic mass is 32.2. The molecule has 4 rings (SSSR count). The van der Waals surface area contributed by atoms with Crippen molar-refractivity contribution in [2.75, 3.05) is 18.8 Å². The van der Waals surface area contributed by atoms with Crippen LogP contribution in [0.5, 0.6) is 0 Å². The molecule has 1 aromatic heterocycles. The monoisotopic (exact) mass is 414 g/mol. The molecule has 0 aliphatic carbocycles. The molecule has 0 spiro atoms. The maximum atomic E-state index is 14.2. The average Bonchev–Trinajstić information content (AvgIpc) is 3.16. The van der Waals surface area contributed by atoms with E-state index < -0.39 is 26.8 Å². The van der Waals surface area contributed by atoms with Gasteiger partial charge in [0.2, 0.25) is 0 Å². The number of aromatic nitrogens is 1. The van der Waals surface area contributed by atoms with Gasteiger partial charge in [0.05, 0.1) is 11.0 Å². The SMILES string of the molecule is O=C(c1cc(-c2ccccc2)on1)N1CCC(c2ccccc2F)S(=O)(=O)CC1. The molecule has 2 heterocycles. The van der Waals surface area contributed by atoms with Crippen molar-refractivity contribution in [2.45, 2.75) is 11.7 Å². The topological polar surface area (TPSA) is 80.5 Å². The van der Waals surface area contributed by atoms with Crippen LogP contribution < -0.4 is 0 Å². The molecule has 0 bridgehead atoms. The van der Waals surface area contributed by atoms with Crippen LogP contribution in [0.4, 0.5) is 4.39 Å². The first-order chi connectivity index (χ1) is 14.0. The quantitative estimate of drug-likeness (QED) is 0.656. The van der Waals surface area contributed by atoms with Gasteiger partial charge in [-0.15, -0.1) is 0 Å². The Labute approximate surface area is 167 Å². The van der Waals surface area contributed by atoms with Gasteiger partial charge in [0.1, 0.15) is 5.82 Å². The van der Waals surface area contributed by atoms with Gasteiger partial charge in [0.15, 0.2) is 21.3 Å². The van der Waals surface area contributed by atoms with Crippen molar-refractivity contribution >= 4 is 15.7 Å². The Morgan fingerprint density at radius 2 is 1.79 bits per heavy atom. The Hall–Kier alpha value is -3.00. The Morgan fingerprint density at radius 3 is 2.55 bits per heavy atom. The van der Waals surface area contributed by atoms with Crippen molar-refractivity contribution < 1.29 is 22.1 Å². The number of carbonyl (C=O) groups is 1. The number of sulfone groups is 1. The zero-order valence-electron chi connectivity index (χ0n) is 15.5. The molecule has 29 heavy (non-hydrogen) atoms. The summed E-state index contributed by atoms with van der Waals surface area (Å²) in [5, 5.41) is 2.88. The lowest BCUT2D eigenvalue weighted by molar-refractivity contribution is 0.0756. The van der Waals surface area contributed by atoms with Crippen molar-refractivity contribution in [3.8, 4) is 11.3 Å². The van der Waals surface area contributed by atoms with Gasteiger partial charge >= 0.3 is 0 Å². The van der Waals surface area contributed by atoms with E-state index in [1.165, 1.54) is 23.1 Å². The van der Waals surface area contributed by atoms with Gasteiger partial charge in [-0.1, -0.05) is 53.7 Å². The smallest absolute Gasteiger partial charge is 0.276 e. The Morgan fingerprint density at radius 1 is 1.07 bits per heavy atom. The molecule has 6 nitrogen and oxygen atoms in total. The molecule has 1 unspecified atom stereocenters. The molecule has 2 aromatic carbocycles. The number of rotatable bonds is 3. The summed E-state index contributed by atoms with van der Waals surface area (Å²) < 4.78 is 44.9. The minimum Gasteiger partial charge on any atom is -0.355 e. The first kappa shape index (κ1) is 19.3. The van der Waals surface area contributed by atoms with Gasteiger partial charge in [0, 0.05) is 30.3 Å². The number of hydrogen-bond acceptors (Lipinski definition) is 5. The molecular weight excluding hydrogens is 395 g/mol. The molecule has 0 N–H and O–H groups in total. The third kappa shape index (κ3) is 3.93. The van der Waals surface area contributed by atoms with Crippen LogP contribution in [-0.2, 0) is 9.84 Å². The fourth-order valence-corrected chi connectivity index (χ4v) is 5.31. The van der Waals surface area contributed by atoms with E-state index in [1.807, 2.05) is 30.3 Å². The van der Waals surface area contributed by atoms with Crippen LogP contribution in [-0.4, -0.2) is 43.2 Å². The molecule has 1 fully saturated rings. The first-order valence-corrected chi connectivity index (χ1v) is 10.9. The summed E-state index contributed by atoms with van der Waals surface area (Å²) in [4.78, 5) is 14.3. The Kier molecular flexibility index (Phi) is 5.19. The van der Waals surface area contributed by atoms with E-state index in [1.54, 1.807) is 12.1 Å². The molecule has 150 valence electrons. The maximum Gasteiger partial charge on any atom is 0.276 e. The number of nitrogens with zero attached hydrogens (tertiary/aromatic N) is 2. The van der Waals surface area contributed by atoms with E-state index >= 15 is 0 Å². The lowest BCUT2D eigenvalue weighted by atomic mass is 10.1. The number of halogens is 1. The maximum absolute atomic E-state index is 14.2. The van der Waals surface area contributed by atoms with Crippen molar-refractivity contribution in [1.29, 1.82) is 0 Å². The summed E-state index contributed by atoms with van der Waals surface area (Å²) in [6, 6.07) is 16.7. The third-order valence-electron chi connectivity index (χ3n) is 5.07. The highest BCUT2D eigenvalue weighted by molar-refractivity contribution is 7.91. The highest BCUT2D eigenvalue weighted by Crippen LogP contribution is 2.31. The van der Waals surface area contributed by atoms with E-state index in [2.05, 4.69) is 5.16 Å². The summed E-state index contributed by atoms with van der Waals surface area (Å²) in [6.07, 6.45) is 0.123. The predicted octanol–water partition coefficient (Wildman–Crippen LogP) is 3.48. The summed E-state index contributed by atoms with van der Waals surface area (Å²) in [5.74, 6) is -0.730. The van der Waals surface area contributed by atoms with Crippen LogP contribution in [0, 0.1) is 5.82 Å². The fraction of sp³-hybridized carbons (Fsp3) is 0.238. The molecule has 8 heteroatoms. The zero-order valence-corrected chi connectivity index (χ0v) is 16.3. The van der Waals surface area contributed by atoms with Crippen LogP contribution in [0.3, 0.4) is 0 Å². The molecule has 0 radical (unpaired) electrons. The van der Waals surface area contributed by atoms with Crippen LogP contribution in [0.2, 0.25) is 0 Å². The average molecular weight is 414 g/mol. The van der Waals surface area contributed by atoms with Crippen LogP contribution >= 0.6 is 0 Å². The van der Waals surface area contributed by atoms with E-state index in [0.717, 1.165) is 5.56 Å². The largest absolute Gasteiger partial charge is 0.355 e. The van der Waals surface area contributed by atoms with Crippen LogP contribution in [0.1, 0.15) is 27.7 Å². The third-order valence-corrected chi connectivity index (χ3v) is 7.18. The number of benzene rings is 2. The minimum absolute atomic E-state index is 0.0274. The predicted molar refractivity (Wildman–Crippen MR) is 105 cm³/mol. The second-order valence-electron chi connectivity index (χ2n) is 6.90. The molecule has 1 atom stereocenters. The number of hydrogen-bond donors (Lipinski definition) is 0. The molecular formula is C21H19FN2O4S. The first-order valence-electron chi connectivity index (χ1n) is 9.23. The summed E-state index contributed by atoms with van der Waals surface area (Å²) in [7, 11) is -3.60. The number of carbonyl (C=O) groups excluding carboxylic acids is 1.